The van der Waals surface area contributed by atoms with Gasteiger partial charge in [-0.15, -0.1) is 0 Å². The van der Waals surface area contributed by atoms with E-state index >= 15 is 0 Å². The molecule has 0 spiro atoms. The first-order valence-corrected chi connectivity index (χ1v) is 9.25. The normalized spacial score (nSPS) is 20.8. The number of carbonyl (C=O) groups is 3. The molecule has 2 aliphatic rings. The summed E-state index contributed by atoms with van der Waals surface area (Å²) < 4.78 is 0. The maximum atomic E-state index is 13.3. The predicted octanol–water partition coefficient (Wildman–Crippen LogP) is 1.91. The van der Waals surface area contributed by atoms with Crippen LogP contribution in [0.4, 0.5) is 16.2 Å². The molecule has 2 aliphatic heterocycles. The van der Waals surface area contributed by atoms with Gasteiger partial charge in [-0.3, -0.25) is 19.4 Å². The van der Waals surface area contributed by atoms with Crippen LogP contribution in [0.2, 0.25) is 0 Å². The summed E-state index contributed by atoms with van der Waals surface area (Å²) in [6, 6.07) is 17.6. The number of amides is 4. The summed E-state index contributed by atoms with van der Waals surface area (Å²) in [5.74, 6) is -0.570. The topological polar surface area (TPSA) is 76.5 Å². The minimum Gasteiger partial charge on any atom is -0.338 e. The summed E-state index contributed by atoms with van der Waals surface area (Å²) in [5, 5.41) is 0. The molecule has 0 aliphatic carbocycles. The minimum atomic E-state index is -0.708. The van der Waals surface area contributed by atoms with Crippen molar-refractivity contribution < 1.29 is 14.4 Å². The van der Waals surface area contributed by atoms with Crippen LogP contribution in [0.15, 0.2) is 65.7 Å². The van der Waals surface area contributed by atoms with Gasteiger partial charge in [-0.25, -0.2) is 9.79 Å². The quantitative estimate of drug-likeness (QED) is 0.798. The van der Waals surface area contributed by atoms with Gasteiger partial charge in [0.1, 0.15) is 0 Å². The fraction of sp³-hybridized carbons (Fsp3) is 0.238. The second-order valence-electron chi connectivity index (χ2n) is 6.99. The number of para-hydroxylation sites is 2. The fourth-order valence-corrected chi connectivity index (χ4v) is 3.66. The van der Waals surface area contributed by atoms with Crippen molar-refractivity contribution in [3.05, 3.63) is 60.7 Å². The Bertz CT molecular complexity index is 923. The number of imide groups is 1. The van der Waals surface area contributed by atoms with E-state index in [-0.39, 0.29) is 18.4 Å². The van der Waals surface area contributed by atoms with E-state index in [0.29, 0.717) is 0 Å². The van der Waals surface area contributed by atoms with E-state index in [1.165, 1.54) is 18.3 Å². The molecule has 8 nitrogen and oxygen atoms in total. The van der Waals surface area contributed by atoms with Crippen LogP contribution in [0.1, 0.15) is 0 Å². The van der Waals surface area contributed by atoms with Crippen LogP contribution in [-0.4, -0.2) is 71.7 Å². The summed E-state index contributed by atoms with van der Waals surface area (Å²) in [6.07, 6.45) is 0.864. The third-order valence-electron chi connectivity index (χ3n) is 5.17. The highest BCUT2D eigenvalue weighted by molar-refractivity contribution is 6.05. The molecule has 0 bridgehead atoms. The number of carbonyl (C=O) groups excluding carboxylic acids is 3. The van der Waals surface area contributed by atoms with Crippen molar-refractivity contribution in [3.8, 4) is 0 Å². The van der Waals surface area contributed by atoms with Gasteiger partial charge >= 0.3 is 6.03 Å². The SMILES string of the molecule is CN1C(=O)[C@@H]2[C@@H](N=CN2CC(=O)N(c2ccccc2)c2ccccc2)N(C)C1=O. The van der Waals surface area contributed by atoms with Crippen molar-refractivity contribution in [3.63, 3.8) is 0 Å². The Hall–Kier alpha value is -3.68. The molecule has 2 heterocycles. The Balaban J connectivity index is 1.61. The molecule has 1 fully saturated rings. The number of likely N-dealkylation sites (N-methyl/N-ethyl adjacent to an activating group) is 2. The van der Waals surface area contributed by atoms with Gasteiger partial charge in [0, 0.05) is 25.5 Å². The first-order valence-electron chi connectivity index (χ1n) is 9.25. The lowest BCUT2D eigenvalue weighted by atomic mass is 10.1. The summed E-state index contributed by atoms with van der Waals surface area (Å²) in [6.45, 7) is -0.0456. The Kier molecular flexibility index (Phi) is 4.75. The molecule has 0 radical (unpaired) electrons. The minimum absolute atomic E-state index is 0.0456. The number of hydrogen-bond acceptors (Lipinski definition) is 5. The van der Waals surface area contributed by atoms with Crippen molar-refractivity contribution in [2.45, 2.75) is 12.2 Å². The second kappa shape index (κ2) is 7.38. The van der Waals surface area contributed by atoms with Crippen LogP contribution < -0.4 is 4.90 Å². The molecule has 1 saturated heterocycles. The number of nitrogens with zero attached hydrogens (tertiary/aromatic N) is 5. The summed E-state index contributed by atoms with van der Waals surface area (Å²) >= 11 is 0. The average molecular weight is 391 g/mol. The van der Waals surface area contributed by atoms with E-state index in [2.05, 4.69) is 4.99 Å². The highest BCUT2D eigenvalue weighted by Gasteiger charge is 2.48. The zero-order valence-corrected chi connectivity index (χ0v) is 16.2. The van der Waals surface area contributed by atoms with Gasteiger partial charge < -0.3 is 9.80 Å². The molecular formula is C21H21N5O3. The fourth-order valence-electron chi connectivity index (χ4n) is 3.66. The van der Waals surface area contributed by atoms with Gasteiger partial charge in [0.25, 0.3) is 11.8 Å². The number of benzene rings is 2. The molecule has 0 N–H and O–H groups in total. The molecule has 0 saturated carbocycles. The number of aliphatic imine (C=N–C) groups is 1. The molecular weight excluding hydrogens is 370 g/mol. The van der Waals surface area contributed by atoms with E-state index in [4.69, 9.17) is 0 Å². The van der Waals surface area contributed by atoms with Crippen LogP contribution >= 0.6 is 0 Å². The van der Waals surface area contributed by atoms with Crippen molar-refractivity contribution in [2.75, 3.05) is 25.5 Å². The summed E-state index contributed by atoms with van der Waals surface area (Å²) in [7, 11) is 3.04. The molecule has 2 aromatic rings. The molecule has 4 amide bonds. The van der Waals surface area contributed by atoms with E-state index in [9.17, 15) is 14.4 Å². The Morgan fingerprint density at radius 1 is 0.966 bits per heavy atom. The smallest absolute Gasteiger partial charge is 0.328 e. The lowest BCUT2D eigenvalue weighted by molar-refractivity contribution is -0.136. The predicted molar refractivity (Wildman–Crippen MR) is 109 cm³/mol. The highest BCUT2D eigenvalue weighted by Crippen LogP contribution is 2.28. The number of rotatable bonds is 4. The monoisotopic (exact) mass is 391 g/mol. The van der Waals surface area contributed by atoms with Crippen molar-refractivity contribution >= 4 is 35.6 Å². The Morgan fingerprint density at radius 3 is 2.07 bits per heavy atom. The Labute approximate surface area is 168 Å². The van der Waals surface area contributed by atoms with Gasteiger partial charge in [-0.2, -0.15) is 0 Å². The summed E-state index contributed by atoms with van der Waals surface area (Å²) in [4.78, 5) is 48.2. The van der Waals surface area contributed by atoms with Gasteiger partial charge in [0.15, 0.2) is 12.2 Å². The van der Waals surface area contributed by atoms with Crippen LogP contribution in [-0.2, 0) is 9.59 Å². The lowest BCUT2D eigenvalue weighted by Gasteiger charge is -2.39. The van der Waals surface area contributed by atoms with Gasteiger partial charge in [0.05, 0.1) is 12.9 Å². The standard InChI is InChI=1S/C21H21N5O3/c1-23-19-18(20(28)24(2)21(23)29)25(14-22-19)13-17(27)26(15-9-5-3-6-10-15)16-11-7-4-8-12-16/h3-12,14,18-19H,13H2,1-2H3/t18-,19-/m0/s1. The van der Waals surface area contributed by atoms with Crippen LogP contribution in [0.5, 0.6) is 0 Å². The zero-order valence-electron chi connectivity index (χ0n) is 16.2. The third kappa shape index (κ3) is 3.22. The van der Waals surface area contributed by atoms with Crippen LogP contribution in [0, 0.1) is 0 Å². The number of anilines is 2. The van der Waals surface area contributed by atoms with E-state index in [0.717, 1.165) is 16.3 Å². The molecule has 148 valence electrons. The van der Waals surface area contributed by atoms with E-state index in [1.807, 2.05) is 60.7 Å². The second-order valence-corrected chi connectivity index (χ2v) is 6.99. The number of fused-ring (bicyclic) bond motifs is 1. The molecule has 29 heavy (non-hydrogen) atoms. The van der Waals surface area contributed by atoms with Crippen molar-refractivity contribution in [1.82, 2.24) is 14.7 Å². The zero-order chi connectivity index (χ0) is 20.5. The molecule has 0 unspecified atom stereocenters. The van der Waals surface area contributed by atoms with E-state index < -0.39 is 18.2 Å². The lowest BCUT2D eigenvalue weighted by Crippen LogP contribution is -2.64. The van der Waals surface area contributed by atoms with Crippen LogP contribution in [0.25, 0.3) is 0 Å². The third-order valence-corrected chi connectivity index (χ3v) is 5.17. The average Bonchev–Trinajstić information content (AvgIpc) is 3.16. The molecule has 2 atom stereocenters. The van der Waals surface area contributed by atoms with Gasteiger partial charge in [-0.1, -0.05) is 36.4 Å². The van der Waals surface area contributed by atoms with Crippen molar-refractivity contribution in [1.29, 1.82) is 0 Å². The van der Waals surface area contributed by atoms with Gasteiger partial charge in [0.2, 0.25) is 0 Å². The molecule has 2 aromatic carbocycles. The number of urea groups is 1. The van der Waals surface area contributed by atoms with Crippen LogP contribution in [0.3, 0.4) is 0 Å². The highest BCUT2D eigenvalue weighted by atomic mass is 16.2. The summed E-state index contributed by atoms with van der Waals surface area (Å²) in [5.41, 5.74) is 1.46. The van der Waals surface area contributed by atoms with Crippen molar-refractivity contribution in [2.24, 2.45) is 4.99 Å². The molecule has 4 rings (SSSR count). The molecule has 8 heteroatoms. The largest absolute Gasteiger partial charge is 0.338 e. The first kappa shape index (κ1) is 18.7. The van der Waals surface area contributed by atoms with E-state index in [1.54, 1.807) is 16.8 Å². The number of hydrogen-bond donors (Lipinski definition) is 0. The maximum Gasteiger partial charge on any atom is 0.328 e. The molecule has 0 aromatic heterocycles. The Morgan fingerprint density at radius 2 is 1.52 bits per heavy atom. The maximum absolute atomic E-state index is 13.3. The first-order chi connectivity index (χ1) is 14.0. The van der Waals surface area contributed by atoms with Gasteiger partial charge in [-0.05, 0) is 24.3 Å².